The molecule has 1 aromatic rings. The molecule has 4 N–H and O–H groups in total. The van der Waals surface area contributed by atoms with Crippen molar-refractivity contribution in [3.8, 4) is 12.3 Å². The third-order valence-electron chi connectivity index (χ3n) is 3.63. The highest BCUT2D eigenvalue weighted by Gasteiger charge is 2.50. The Balaban J connectivity index is 1.73. The molecule has 1 aromatic heterocycles. The van der Waals surface area contributed by atoms with Gasteiger partial charge in [0.15, 0.2) is 17.5 Å². The van der Waals surface area contributed by atoms with E-state index in [9.17, 15) is 14.4 Å². The molecule has 0 spiro atoms. The molecular weight excluding hydrogens is 394 g/mol. The first-order valence-electron chi connectivity index (χ1n) is 7.45. The molecule has 12 heteroatoms. The van der Waals surface area contributed by atoms with E-state index < -0.39 is 29.2 Å². The minimum atomic E-state index is -1.08. The van der Waals surface area contributed by atoms with Crippen LogP contribution < -0.4 is 11.1 Å². The summed E-state index contributed by atoms with van der Waals surface area (Å²) in [6, 6.07) is -0.817. The molecule has 2 aliphatic heterocycles. The van der Waals surface area contributed by atoms with Gasteiger partial charge in [-0.05, 0) is 0 Å². The van der Waals surface area contributed by atoms with E-state index in [4.69, 9.17) is 22.1 Å². The number of aromatic nitrogens is 1. The van der Waals surface area contributed by atoms with Crippen LogP contribution in [0.2, 0.25) is 0 Å². The van der Waals surface area contributed by atoms with Gasteiger partial charge in [0.1, 0.15) is 17.1 Å². The SMILES string of the molecule is C#CCON=C(C(=O)NC1C(=O)N2C=C(C(=O)O)CS[C@H]12)c1csc(N)n1. The van der Waals surface area contributed by atoms with Crippen molar-refractivity contribution in [3.05, 3.63) is 22.8 Å². The molecule has 2 atom stereocenters. The van der Waals surface area contributed by atoms with Gasteiger partial charge in [0.2, 0.25) is 0 Å². The molecule has 0 bridgehead atoms. The number of nitrogens with one attached hydrogen (secondary N) is 1. The van der Waals surface area contributed by atoms with Gasteiger partial charge in [-0.25, -0.2) is 9.78 Å². The Labute approximate surface area is 161 Å². The molecule has 0 aliphatic carbocycles. The number of oxime groups is 1. The lowest BCUT2D eigenvalue weighted by Gasteiger charge is -2.46. The van der Waals surface area contributed by atoms with Crippen LogP contribution in [-0.4, -0.2) is 62.3 Å². The molecule has 2 amide bonds. The molecule has 2 aliphatic rings. The summed E-state index contributed by atoms with van der Waals surface area (Å²) >= 11 is 2.36. The lowest BCUT2D eigenvalue weighted by Crippen LogP contribution is -2.69. The zero-order chi connectivity index (χ0) is 19.6. The van der Waals surface area contributed by atoms with Crippen LogP contribution in [0.15, 0.2) is 22.3 Å². The maximum absolute atomic E-state index is 12.6. The standard InChI is InChI=1S/C15H13N5O5S2/c1-2-3-25-19-9(8-6-27-15(16)17-8)11(21)18-10-12(22)20-4-7(14(23)24)5-26-13(10)20/h1,4,6,10,13H,3,5H2,(H2,16,17)(H,18,21)(H,23,24)/t10?,13-/m1/s1. The van der Waals surface area contributed by atoms with Crippen molar-refractivity contribution in [1.29, 1.82) is 0 Å². The van der Waals surface area contributed by atoms with Crippen LogP contribution in [0.25, 0.3) is 0 Å². The van der Waals surface area contributed by atoms with Gasteiger partial charge in [0.05, 0.1) is 5.57 Å². The molecule has 1 saturated heterocycles. The van der Waals surface area contributed by atoms with E-state index in [2.05, 4.69) is 21.4 Å². The Morgan fingerprint density at radius 3 is 3.00 bits per heavy atom. The zero-order valence-corrected chi connectivity index (χ0v) is 15.2. The summed E-state index contributed by atoms with van der Waals surface area (Å²) in [6.45, 7) is -0.145. The Hall–Kier alpha value is -3.04. The second-order valence-corrected chi connectivity index (χ2v) is 7.34. The molecule has 10 nitrogen and oxygen atoms in total. The van der Waals surface area contributed by atoms with Crippen molar-refractivity contribution in [2.45, 2.75) is 11.4 Å². The molecule has 0 aromatic carbocycles. The van der Waals surface area contributed by atoms with Crippen molar-refractivity contribution in [2.75, 3.05) is 18.1 Å². The second kappa shape index (κ2) is 7.68. The first-order chi connectivity index (χ1) is 12.9. The fourth-order valence-corrected chi connectivity index (χ4v) is 4.17. The van der Waals surface area contributed by atoms with E-state index in [1.165, 1.54) is 28.2 Å². The number of nitrogen functional groups attached to an aromatic ring is 1. The summed E-state index contributed by atoms with van der Waals surface area (Å²) in [6.07, 6.45) is 6.38. The molecule has 1 unspecified atom stereocenters. The summed E-state index contributed by atoms with van der Waals surface area (Å²) in [5, 5.41) is 16.7. The summed E-state index contributed by atoms with van der Waals surface area (Å²) < 4.78 is 0. The first-order valence-corrected chi connectivity index (χ1v) is 9.38. The number of carboxylic acid groups (broad SMARTS) is 1. The van der Waals surface area contributed by atoms with E-state index in [1.807, 2.05) is 0 Å². The van der Waals surface area contributed by atoms with Gasteiger partial charge in [-0.2, -0.15) is 0 Å². The fraction of sp³-hybridized carbons (Fsp3) is 0.267. The fourth-order valence-electron chi connectivity index (χ4n) is 2.37. The van der Waals surface area contributed by atoms with Gasteiger partial charge in [-0.15, -0.1) is 29.5 Å². The predicted octanol–water partition coefficient (Wildman–Crippen LogP) is -0.552. The number of carbonyl (C=O) groups is 3. The second-order valence-electron chi connectivity index (χ2n) is 5.35. The van der Waals surface area contributed by atoms with E-state index in [1.54, 1.807) is 0 Å². The highest BCUT2D eigenvalue weighted by atomic mass is 32.2. The molecule has 3 heterocycles. The van der Waals surface area contributed by atoms with Crippen LogP contribution in [0.1, 0.15) is 5.69 Å². The normalized spacial score (nSPS) is 21.4. The predicted molar refractivity (Wildman–Crippen MR) is 98.6 cm³/mol. The molecule has 140 valence electrons. The number of thioether (sulfide) groups is 1. The number of anilines is 1. The first kappa shape index (κ1) is 18.7. The van der Waals surface area contributed by atoms with Crippen LogP contribution in [0, 0.1) is 12.3 Å². The minimum absolute atomic E-state index is 0.122. The summed E-state index contributed by atoms with van der Waals surface area (Å²) in [5.41, 5.74) is 5.74. The number of carboxylic acids is 1. The smallest absolute Gasteiger partial charge is 0.333 e. The van der Waals surface area contributed by atoms with Crippen LogP contribution >= 0.6 is 23.1 Å². The van der Waals surface area contributed by atoms with Gasteiger partial charge >= 0.3 is 5.97 Å². The Kier molecular flexibility index (Phi) is 5.33. The molecule has 0 radical (unpaired) electrons. The number of fused-ring (bicyclic) bond motifs is 1. The summed E-state index contributed by atoms with van der Waals surface area (Å²) in [5.74, 6) is 0.271. The van der Waals surface area contributed by atoms with Crippen molar-refractivity contribution in [1.82, 2.24) is 15.2 Å². The van der Waals surface area contributed by atoms with Gasteiger partial charge in [0, 0.05) is 17.3 Å². The topological polar surface area (TPSA) is 147 Å². The number of terminal acetylenes is 1. The number of nitrogens with zero attached hydrogens (tertiary/aromatic N) is 3. The van der Waals surface area contributed by atoms with Crippen molar-refractivity contribution >= 4 is 51.7 Å². The van der Waals surface area contributed by atoms with Gasteiger partial charge in [-0.3, -0.25) is 9.59 Å². The third kappa shape index (κ3) is 3.74. The summed E-state index contributed by atoms with van der Waals surface area (Å²) in [4.78, 5) is 46.0. The Morgan fingerprint density at radius 1 is 1.59 bits per heavy atom. The average molecular weight is 407 g/mol. The Morgan fingerprint density at radius 2 is 2.37 bits per heavy atom. The van der Waals surface area contributed by atoms with Crippen molar-refractivity contribution < 1.29 is 24.3 Å². The van der Waals surface area contributed by atoms with E-state index in [-0.39, 0.29) is 34.5 Å². The molecular formula is C15H13N5O5S2. The van der Waals surface area contributed by atoms with Crippen molar-refractivity contribution in [2.24, 2.45) is 5.16 Å². The number of rotatable bonds is 6. The number of thiazole rings is 1. The third-order valence-corrected chi connectivity index (χ3v) is 5.62. The van der Waals surface area contributed by atoms with Gasteiger partial charge < -0.3 is 25.9 Å². The molecule has 0 saturated carbocycles. The minimum Gasteiger partial charge on any atom is -0.478 e. The quantitative estimate of drug-likeness (QED) is 0.187. The average Bonchev–Trinajstić information content (AvgIpc) is 3.08. The number of β-lactam (4-membered cyclic amide) rings is 1. The Bertz CT molecular complexity index is 903. The largest absolute Gasteiger partial charge is 0.478 e. The van der Waals surface area contributed by atoms with E-state index in [0.717, 1.165) is 11.3 Å². The number of hydrogen-bond acceptors (Lipinski definition) is 9. The maximum atomic E-state index is 12.6. The number of amides is 2. The summed E-state index contributed by atoms with van der Waals surface area (Å²) in [7, 11) is 0. The van der Waals surface area contributed by atoms with E-state index >= 15 is 0 Å². The lowest BCUT2D eigenvalue weighted by molar-refractivity contribution is -0.144. The zero-order valence-electron chi connectivity index (χ0n) is 13.6. The van der Waals surface area contributed by atoms with Gasteiger partial charge in [-0.1, -0.05) is 11.1 Å². The van der Waals surface area contributed by atoms with Crippen LogP contribution in [0.4, 0.5) is 5.13 Å². The highest BCUT2D eigenvalue weighted by Crippen LogP contribution is 2.36. The number of aliphatic carboxylic acids is 1. The van der Waals surface area contributed by atoms with Gasteiger partial charge in [0.25, 0.3) is 11.8 Å². The lowest BCUT2D eigenvalue weighted by atomic mass is 10.1. The van der Waals surface area contributed by atoms with Crippen LogP contribution in [0.3, 0.4) is 0 Å². The number of carbonyl (C=O) groups excluding carboxylic acids is 2. The van der Waals surface area contributed by atoms with Crippen molar-refractivity contribution in [3.63, 3.8) is 0 Å². The molecule has 27 heavy (non-hydrogen) atoms. The molecule has 3 rings (SSSR count). The number of hydrogen-bond donors (Lipinski definition) is 3. The number of nitrogens with two attached hydrogens (primary N) is 1. The monoisotopic (exact) mass is 407 g/mol. The molecule has 1 fully saturated rings. The van der Waals surface area contributed by atoms with Crippen LogP contribution in [0.5, 0.6) is 0 Å². The highest BCUT2D eigenvalue weighted by molar-refractivity contribution is 8.00. The van der Waals surface area contributed by atoms with Crippen LogP contribution in [-0.2, 0) is 19.2 Å². The van der Waals surface area contributed by atoms with E-state index in [0.29, 0.717) is 0 Å². The maximum Gasteiger partial charge on any atom is 0.333 e.